The molecule has 148 valence electrons. The number of methoxy groups -OCH3 is 1. The van der Waals surface area contributed by atoms with Crippen LogP contribution in [0.2, 0.25) is 0 Å². The van der Waals surface area contributed by atoms with Crippen molar-refractivity contribution in [2.24, 2.45) is 7.05 Å². The summed E-state index contributed by atoms with van der Waals surface area (Å²) in [6.45, 7) is 0. The van der Waals surface area contributed by atoms with Crippen LogP contribution in [0.15, 0.2) is 60.9 Å². The molecule has 29 heavy (non-hydrogen) atoms. The topological polar surface area (TPSA) is 85.2 Å². The zero-order chi connectivity index (χ0) is 20.4. The van der Waals surface area contributed by atoms with E-state index >= 15 is 0 Å². The van der Waals surface area contributed by atoms with Gasteiger partial charge in [0.1, 0.15) is 17.6 Å². The van der Waals surface area contributed by atoms with E-state index in [1.54, 1.807) is 13.3 Å². The van der Waals surface area contributed by atoms with Crippen LogP contribution in [0, 0.1) is 0 Å². The van der Waals surface area contributed by atoms with Gasteiger partial charge in [-0.15, -0.1) is 0 Å². The van der Waals surface area contributed by atoms with Crippen molar-refractivity contribution >= 4 is 17.5 Å². The Balaban J connectivity index is 1.71. The maximum absolute atomic E-state index is 13.3. The highest BCUT2D eigenvalue weighted by Crippen LogP contribution is 2.34. The summed E-state index contributed by atoms with van der Waals surface area (Å²) in [6, 6.07) is 14.4. The van der Waals surface area contributed by atoms with Gasteiger partial charge in [-0.2, -0.15) is 0 Å². The van der Waals surface area contributed by atoms with E-state index in [0.29, 0.717) is 17.3 Å². The zero-order valence-corrected chi connectivity index (χ0v) is 16.3. The lowest BCUT2D eigenvalue weighted by Gasteiger charge is -2.27. The smallest absolute Gasteiger partial charge is 0.229 e. The summed E-state index contributed by atoms with van der Waals surface area (Å²) < 4.78 is 7.37. The molecule has 7 nitrogen and oxygen atoms in total. The van der Waals surface area contributed by atoms with Crippen molar-refractivity contribution in [1.82, 2.24) is 14.9 Å². The number of fused-ring (bicyclic) bond motifs is 1. The molecule has 1 aliphatic heterocycles. The van der Waals surface area contributed by atoms with Crippen LogP contribution in [0.3, 0.4) is 0 Å². The Morgan fingerprint density at radius 2 is 2.00 bits per heavy atom. The first-order chi connectivity index (χ1) is 14.1. The number of nitrogens with one attached hydrogen (secondary N) is 2. The summed E-state index contributed by atoms with van der Waals surface area (Å²) in [5.74, 6) is 0.359. The molecule has 0 radical (unpaired) electrons. The number of aryl methyl sites for hydroxylation is 1. The van der Waals surface area contributed by atoms with Crippen LogP contribution >= 0.6 is 0 Å². The van der Waals surface area contributed by atoms with E-state index in [1.165, 1.54) is 0 Å². The molecule has 2 N–H and O–H groups in total. The Morgan fingerprint density at radius 3 is 2.76 bits per heavy atom. The SMILES string of the molecule is COc1ccccc1C(NC(=O)C1CC(=O)Nc2ccccc21)c1nccn1C. The molecule has 1 aliphatic rings. The summed E-state index contributed by atoms with van der Waals surface area (Å²) >= 11 is 0. The number of imidazole rings is 1. The largest absolute Gasteiger partial charge is 0.496 e. The Morgan fingerprint density at radius 1 is 1.24 bits per heavy atom. The number of amides is 2. The second kappa shape index (κ2) is 7.79. The van der Waals surface area contributed by atoms with Gasteiger partial charge >= 0.3 is 0 Å². The summed E-state index contributed by atoms with van der Waals surface area (Å²) in [4.78, 5) is 29.9. The third-order valence-electron chi connectivity index (χ3n) is 5.17. The maximum Gasteiger partial charge on any atom is 0.229 e. The molecule has 0 bridgehead atoms. The molecule has 0 saturated carbocycles. The number of benzene rings is 2. The Labute approximate surface area is 168 Å². The number of hydrogen-bond donors (Lipinski definition) is 2. The predicted molar refractivity (Wildman–Crippen MR) is 109 cm³/mol. The standard InChI is InChI=1S/C22H22N4O3/c1-26-12-11-23-21(26)20(15-8-4-6-10-18(15)29-2)25-22(28)16-13-19(27)24-17-9-5-3-7-14(16)17/h3-12,16,20H,13H2,1-2H3,(H,24,27)(H,25,28). The van der Waals surface area contributed by atoms with Gasteiger partial charge in [-0.1, -0.05) is 36.4 Å². The zero-order valence-electron chi connectivity index (χ0n) is 16.3. The maximum atomic E-state index is 13.3. The van der Waals surface area contributed by atoms with E-state index in [2.05, 4.69) is 15.6 Å². The van der Waals surface area contributed by atoms with E-state index in [9.17, 15) is 9.59 Å². The molecule has 0 spiro atoms. The van der Waals surface area contributed by atoms with Gasteiger partial charge in [-0.25, -0.2) is 4.98 Å². The van der Waals surface area contributed by atoms with Crippen molar-refractivity contribution in [2.75, 3.05) is 12.4 Å². The van der Waals surface area contributed by atoms with Gasteiger partial charge in [0, 0.05) is 37.1 Å². The average Bonchev–Trinajstić information content (AvgIpc) is 3.16. The molecule has 2 amide bonds. The molecule has 3 aromatic rings. The molecular weight excluding hydrogens is 368 g/mol. The number of hydrogen-bond acceptors (Lipinski definition) is 4. The summed E-state index contributed by atoms with van der Waals surface area (Å²) in [5.41, 5.74) is 2.28. The second-order valence-corrected chi connectivity index (χ2v) is 6.97. The fourth-order valence-electron chi connectivity index (χ4n) is 3.73. The van der Waals surface area contributed by atoms with Crippen LogP contribution in [0.25, 0.3) is 0 Å². The minimum atomic E-state index is -0.572. The Kier molecular flexibility index (Phi) is 5.03. The number of aromatic nitrogens is 2. The molecule has 1 aromatic heterocycles. The van der Waals surface area contributed by atoms with Crippen LogP contribution in [0.5, 0.6) is 5.75 Å². The monoisotopic (exact) mass is 390 g/mol. The molecule has 0 fully saturated rings. The van der Waals surface area contributed by atoms with E-state index < -0.39 is 12.0 Å². The van der Waals surface area contributed by atoms with Crippen LogP contribution in [0.4, 0.5) is 5.69 Å². The molecule has 4 rings (SSSR count). The van der Waals surface area contributed by atoms with Crippen molar-refractivity contribution < 1.29 is 14.3 Å². The van der Waals surface area contributed by atoms with Crippen LogP contribution in [-0.2, 0) is 16.6 Å². The molecule has 0 aliphatic carbocycles. The molecule has 7 heteroatoms. The number of rotatable bonds is 5. The van der Waals surface area contributed by atoms with Crippen LogP contribution in [0.1, 0.15) is 35.3 Å². The molecule has 2 heterocycles. The summed E-state index contributed by atoms with van der Waals surface area (Å²) in [7, 11) is 3.47. The number of anilines is 1. The van der Waals surface area contributed by atoms with Gasteiger partial charge in [-0.3, -0.25) is 9.59 Å². The highest BCUT2D eigenvalue weighted by Gasteiger charge is 2.33. The predicted octanol–water partition coefficient (Wildman–Crippen LogP) is 2.76. The van der Waals surface area contributed by atoms with E-state index in [4.69, 9.17) is 4.74 Å². The molecule has 2 atom stereocenters. The van der Waals surface area contributed by atoms with E-state index in [1.807, 2.05) is 66.3 Å². The van der Waals surface area contributed by atoms with E-state index in [-0.39, 0.29) is 18.2 Å². The highest BCUT2D eigenvalue weighted by atomic mass is 16.5. The first-order valence-corrected chi connectivity index (χ1v) is 9.37. The van der Waals surface area contributed by atoms with Gasteiger partial charge in [-0.05, 0) is 17.7 Å². The van der Waals surface area contributed by atoms with Gasteiger partial charge < -0.3 is 19.9 Å². The Hall–Kier alpha value is -3.61. The fraction of sp³-hybridized carbons (Fsp3) is 0.227. The molecule has 2 aromatic carbocycles. The van der Waals surface area contributed by atoms with Gasteiger partial charge in [0.15, 0.2) is 0 Å². The quantitative estimate of drug-likeness (QED) is 0.702. The number of carbonyl (C=O) groups is 2. The van der Waals surface area contributed by atoms with Gasteiger partial charge in [0.05, 0.1) is 13.0 Å². The lowest BCUT2D eigenvalue weighted by Crippen LogP contribution is -2.38. The first kappa shape index (κ1) is 18.7. The third kappa shape index (κ3) is 3.59. The minimum absolute atomic E-state index is 0.0993. The average molecular weight is 390 g/mol. The Bertz CT molecular complexity index is 1060. The fourth-order valence-corrected chi connectivity index (χ4v) is 3.73. The number of para-hydroxylation sites is 2. The normalized spacial score (nSPS) is 16.5. The van der Waals surface area contributed by atoms with Crippen molar-refractivity contribution in [3.63, 3.8) is 0 Å². The lowest BCUT2D eigenvalue weighted by molar-refractivity contribution is -0.126. The van der Waals surface area contributed by atoms with Crippen molar-refractivity contribution in [3.05, 3.63) is 77.9 Å². The van der Waals surface area contributed by atoms with Gasteiger partial charge in [0.25, 0.3) is 0 Å². The van der Waals surface area contributed by atoms with Crippen molar-refractivity contribution in [3.8, 4) is 5.75 Å². The second-order valence-electron chi connectivity index (χ2n) is 6.97. The van der Waals surface area contributed by atoms with Crippen molar-refractivity contribution in [1.29, 1.82) is 0 Å². The van der Waals surface area contributed by atoms with Crippen LogP contribution in [-0.4, -0.2) is 28.5 Å². The third-order valence-corrected chi connectivity index (χ3v) is 5.17. The molecule has 0 saturated heterocycles. The molecule has 2 unspecified atom stereocenters. The summed E-state index contributed by atoms with van der Waals surface area (Å²) in [5, 5.41) is 5.93. The highest BCUT2D eigenvalue weighted by molar-refractivity contribution is 6.01. The minimum Gasteiger partial charge on any atom is -0.496 e. The first-order valence-electron chi connectivity index (χ1n) is 9.37. The lowest BCUT2D eigenvalue weighted by atomic mass is 9.89. The number of nitrogens with zero attached hydrogens (tertiary/aromatic N) is 2. The number of ether oxygens (including phenoxy) is 1. The van der Waals surface area contributed by atoms with Crippen LogP contribution < -0.4 is 15.4 Å². The summed E-state index contributed by atoms with van der Waals surface area (Å²) in [6.07, 6.45) is 3.61. The van der Waals surface area contributed by atoms with Gasteiger partial charge in [0.2, 0.25) is 11.8 Å². The number of carbonyl (C=O) groups excluding carboxylic acids is 2. The molecular formula is C22H22N4O3. The van der Waals surface area contributed by atoms with E-state index in [0.717, 1.165) is 11.1 Å². The van der Waals surface area contributed by atoms with Crippen molar-refractivity contribution in [2.45, 2.75) is 18.4 Å².